The highest BCUT2D eigenvalue weighted by Gasteiger charge is 2.07. The van der Waals surface area contributed by atoms with Gasteiger partial charge in [-0.2, -0.15) is 5.10 Å². The number of nitrogens with zero attached hydrogens (tertiary/aromatic N) is 2. The third kappa shape index (κ3) is 1.84. The SMILES string of the molecule is Nc1ccccc1Oc1nncc2ccccc12. The molecule has 3 aromatic rings. The summed E-state index contributed by atoms with van der Waals surface area (Å²) in [6, 6.07) is 15.1. The van der Waals surface area contributed by atoms with Crippen molar-refractivity contribution in [1.82, 2.24) is 10.2 Å². The van der Waals surface area contributed by atoms with Gasteiger partial charge in [-0.05, 0) is 18.2 Å². The summed E-state index contributed by atoms with van der Waals surface area (Å²) >= 11 is 0. The quantitative estimate of drug-likeness (QED) is 0.696. The maximum Gasteiger partial charge on any atom is 0.246 e. The van der Waals surface area contributed by atoms with Crippen LogP contribution in [0.4, 0.5) is 5.69 Å². The first kappa shape index (κ1) is 10.5. The second kappa shape index (κ2) is 4.33. The summed E-state index contributed by atoms with van der Waals surface area (Å²) in [5.41, 5.74) is 6.42. The molecule has 0 atom stereocenters. The van der Waals surface area contributed by atoms with Crippen molar-refractivity contribution in [3.8, 4) is 11.6 Å². The zero-order chi connectivity index (χ0) is 12.4. The highest BCUT2D eigenvalue weighted by molar-refractivity contribution is 5.86. The van der Waals surface area contributed by atoms with E-state index in [2.05, 4.69) is 10.2 Å². The maximum atomic E-state index is 5.84. The Morgan fingerprint density at radius 3 is 2.61 bits per heavy atom. The largest absolute Gasteiger partial charge is 0.435 e. The van der Waals surface area contributed by atoms with Crippen molar-refractivity contribution < 1.29 is 4.74 Å². The molecule has 0 unspecified atom stereocenters. The van der Waals surface area contributed by atoms with Crippen LogP contribution in [-0.4, -0.2) is 10.2 Å². The second-order valence-electron chi connectivity index (χ2n) is 3.88. The predicted molar refractivity (Wildman–Crippen MR) is 70.5 cm³/mol. The number of benzene rings is 2. The fourth-order valence-corrected chi connectivity index (χ4v) is 1.75. The third-order valence-electron chi connectivity index (χ3n) is 2.66. The van der Waals surface area contributed by atoms with Crippen molar-refractivity contribution in [3.05, 3.63) is 54.7 Å². The predicted octanol–water partition coefficient (Wildman–Crippen LogP) is 3.00. The van der Waals surface area contributed by atoms with E-state index >= 15 is 0 Å². The minimum Gasteiger partial charge on any atom is -0.435 e. The van der Waals surface area contributed by atoms with Crippen LogP contribution in [0.3, 0.4) is 0 Å². The molecule has 0 spiro atoms. The molecular formula is C14H11N3O. The summed E-state index contributed by atoms with van der Waals surface area (Å²) < 4.78 is 5.72. The highest BCUT2D eigenvalue weighted by atomic mass is 16.5. The van der Waals surface area contributed by atoms with Crippen LogP contribution in [-0.2, 0) is 0 Å². The minimum absolute atomic E-state index is 0.464. The summed E-state index contributed by atoms with van der Waals surface area (Å²) in [4.78, 5) is 0. The smallest absolute Gasteiger partial charge is 0.246 e. The van der Waals surface area contributed by atoms with Crippen LogP contribution >= 0.6 is 0 Å². The van der Waals surface area contributed by atoms with Gasteiger partial charge < -0.3 is 10.5 Å². The lowest BCUT2D eigenvalue weighted by Crippen LogP contribution is -1.95. The van der Waals surface area contributed by atoms with Crippen molar-refractivity contribution in [2.24, 2.45) is 0 Å². The molecule has 1 heterocycles. The van der Waals surface area contributed by atoms with Crippen molar-refractivity contribution in [1.29, 1.82) is 0 Å². The number of nitrogen functional groups attached to an aromatic ring is 1. The van der Waals surface area contributed by atoms with E-state index in [0.29, 0.717) is 17.3 Å². The normalized spacial score (nSPS) is 10.4. The van der Waals surface area contributed by atoms with Crippen LogP contribution in [0.5, 0.6) is 11.6 Å². The van der Waals surface area contributed by atoms with E-state index in [-0.39, 0.29) is 0 Å². The Balaban J connectivity index is 2.08. The Kier molecular flexibility index (Phi) is 2.53. The molecule has 18 heavy (non-hydrogen) atoms. The van der Waals surface area contributed by atoms with Gasteiger partial charge in [-0.15, -0.1) is 5.10 Å². The summed E-state index contributed by atoms with van der Waals surface area (Å²) in [6.07, 6.45) is 1.70. The minimum atomic E-state index is 0.464. The maximum absolute atomic E-state index is 5.84. The first-order valence-electron chi connectivity index (χ1n) is 5.57. The third-order valence-corrected chi connectivity index (χ3v) is 2.66. The van der Waals surface area contributed by atoms with Crippen LogP contribution < -0.4 is 10.5 Å². The number of rotatable bonds is 2. The van der Waals surface area contributed by atoms with Crippen molar-refractivity contribution in [2.45, 2.75) is 0 Å². The average molecular weight is 237 g/mol. The highest BCUT2D eigenvalue weighted by Crippen LogP contribution is 2.29. The summed E-state index contributed by atoms with van der Waals surface area (Å²) in [6.45, 7) is 0. The molecular weight excluding hydrogens is 226 g/mol. The molecule has 0 saturated heterocycles. The zero-order valence-electron chi connectivity index (χ0n) is 9.58. The summed E-state index contributed by atoms with van der Waals surface area (Å²) in [5, 5.41) is 9.83. The Hall–Kier alpha value is -2.62. The van der Waals surface area contributed by atoms with E-state index in [0.717, 1.165) is 10.8 Å². The van der Waals surface area contributed by atoms with Crippen LogP contribution in [0.2, 0.25) is 0 Å². The van der Waals surface area contributed by atoms with Gasteiger partial charge in [-0.1, -0.05) is 30.3 Å². The summed E-state index contributed by atoms with van der Waals surface area (Å²) in [5.74, 6) is 1.05. The van der Waals surface area contributed by atoms with E-state index in [1.165, 1.54) is 0 Å². The fraction of sp³-hybridized carbons (Fsp3) is 0. The van der Waals surface area contributed by atoms with Crippen LogP contribution in [0.25, 0.3) is 10.8 Å². The number of hydrogen-bond donors (Lipinski definition) is 1. The van der Waals surface area contributed by atoms with Crippen LogP contribution in [0, 0.1) is 0 Å². The number of fused-ring (bicyclic) bond motifs is 1. The molecule has 3 rings (SSSR count). The average Bonchev–Trinajstić information content (AvgIpc) is 2.42. The standard InChI is InChI=1S/C14H11N3O/c15-12-7-3-4-8-13(12)18-14-11-6-2-1-5-10(11)9-16-17-14/h1-9H,15H2. The number of nitrogens with two attached hydrogens (primary N) is 1. The van der Waals surface area contributed by atoms with Crippen molar-refractivity contribution in [3.63, 3.8) is 0 Å². The number of para-hydroxylation sites is 2. The molecule has 1 aromatic heterocycles. The van der Waals surface area contributed by atoms with Gasteiger partial charge in [0.1, 0.15) is 0 Å². The molecule has 0 fully saturated rings. The van der Waals surface area contributed by atoms with E-state index in [1.54, 1.807) is 18.3 Å². The van der Waals surface area contributed by atoms with Gasteiger partial charge in [0.05, 0.1) is 11.9 Å². The molecule has 4 heteroatoms. The van der Waals surface area contributed by atoms with Gasteiger partial charge in [0, 0.05) is 10.8 Å². The zero-order valence-corrected chi connectivity index (χ0v) is 9.58. The molecule has 0 amide bonds. The topological polar surface area (TPSA) is 61.0 Å². The Morgan fingerprint density at radius 1 is 0.944 bits per heavy atom. The van der Waals surface area contributed by atoms with Crippen LogP contribution in [0.1, 0.15) is 0 Å². The molecule has 4 nitrogen and oxygen atoms in total. The number of ether oxygens (including phenoxy) is 1. The molecule has 2 N–H and O–H groups in total. The van der Waals surface area contributed by atoms with E-state index < -0.39 is 0 Å². The number of anilines is 1. The lowest BCUT2D eigenvalue weighted by Gasteiger charge is -2.08. The fourth-order valence-electron chi connectivity index (χ4n) is 1.75. The molecule has 0 aliphatic carbocycles. The number of aromatic nitrogens is 2. The van der Waals surface area contributed by atoms with Crippen molar-refractivity contribution >= 4 is 16.5 Å². The molecule has 0 aliphatic heterocycles. The molecule has 0 saturated carbocycles. The Bertz CT molecular complexity index is 692. The van der Waals surface area contributed by atoms with Gasteiger partial charge in [0.15, 0.2) is 5.75 Å². The lowest BCUT2D eigenvalue weighted by molar-refractivity contribution is 0.464. The second-order valence-corrected chi connectivity index (χ2v) is 3.88. The van der Waals surface area contributed by atoms with Crippen molar-refractivity contribution in [2.75, 3.05) is 5.73 Å². The first-order chi connectivity index (χ1) is 8.84. The summed E-state index contributed by atoms with van der Waals surface area (Å²) in [7, 11) is 0. The number of hydrogen-bond acceptors (Lipinski definition) is 4. The van der Waals surface area contributed by atoms with Gasteiger partial charge in [0.25, 0.3) is 0 Å². The molecule has 0 radical (unpaired) electrons. The van der Waals surface area contributed by atoms with Crippen LogP contribution in [0.15, 0.2) is 54.7 Å². The van der Waals surface area contributed by atoms with Gasteiger partial charge in [0.2, 0.25) is 5.88 Å². The first-order valence-corrected chi connectivity index (χ1v) is 5.57. The Morgan fingerprint density at radius 2 is 1.72 bits per heavy atom. The molecule has 88 valence electrons. The van der Waals surface area contributed by atoms with Gasteiger partial charge >= 0.3 is 0 Å². The van der Waals surface area contributed by atoms with E-state index in [4.69, 9.17) is 10.5 Å². The monoisotopic (exact) mass is 237 g/mol. The molecule has 2 aromatic carbocycles. The Labute approximate surface area is 104 Å². The van der Waals surface area contributed by atoms with E-state index in [9.17, 15) is 0 Å². The van der Waals surface area contributed by atoms with Gasteiger partial charge in [-0.25, -0.2) is 0 Å². The molecule has 0 aliphatic rings. The van der Waals surface area contributed by atoms with Gasteiger partial charge in [-0.3, -0.25) is 0 Å². The van der Waals surface area contributed by atoms with E-state index in [1.807, 2.05) is 36.4 Å². The molecule has 0 bridgehead atoms. The lowest BCUT2D eigenvalue weighted by atomic mass is 10.2.